The summed E-state index contributed by atoms with van der Waals surface area (Å²) in [7, 11) is 0. The van der Waals surface area contributed by atoms with E-state index >= 15 is 0 Å². The molecule has 0 amide bonds. The van der Waals surface area contributed by atoms with E-state index in [1.54, 1.807) is 12.1 Å². The molecule has 1 aliphatic heterocycles. The summed E-state index contributed by atoms with van der Waals surface area (Å²) in [6.07, 6.45) is 6.37. The first-order valence-corrected chi connectivity index (χ1v) is 9.79. The molecule has 1 aromatic carbocycles. The highest BCUT2D eigenvalue weighted by Gasteiger charge is 2.44. The molecule has 27 heavy (non-hydrogen) atoms. The summed E-state index contributed by atoms with van der Waals surface area (Å²) in [5, 5.41) is 6.96. The van der Waals surface area contributed by atoms with Gasteiger partial charge in [-0.1, -0.05) is 18.2 Å². The van der Waals surface area contributed by atoms with Crippen molar-refractivity contribution in [3.8, 4) is 0 Å². The van der Waals surface area contributed by atoms with Gasteiger partial charge in [-0.05, 0) is 50.3 Å². The molecule has 0 spiro atoms. The Bertz CT molecular complexity index is 637. The van der Waals surface area contributed by atoms with Crippen molar-refractivity contribution in [3.05, 3.63) is 48.3 Å². The number of guanidine groups is 1. The van der Waals surface area contributed by atoms with Crippen molar-refractivity contribution in [1.82, 2.24) is 15.5 Å². The molecule has 0 unspecified atom stereocenters. The van der Waals surface area contributed by atoms with Gasteiger partial charge in [-0.2, -0.15) is 0 Å². The minimum absolute atomic E-state index is 0. The Balaban J connectivity index is 0.00000261. The maximum atomic E-state index is 13.6. The van der Waals surface area contributed by atoms with Gasteiger partial charge >= 0.3 is 0 Å². The lowest BCUT2D eigenvalue weighted by atomic mass is 9.96. The largest absolute Gasteiger partial charge is 0.357 e. The van der Waals surface area contributed by atoms with Gasteiger partial charge in [-0.25, -0.2) is 4.39 Å². The maximum Gasteiger partial charge on any atom is 0.191 e. The van der Waals surface area contributed by atoms with E-state index in [0.29, 0.717) is 12.6 Å². The number of nitrogens with one attached hydrogen (secondary N) is 2. The van der Waals surface area contributed by atoms with Crippen molar-refractivity contribution >= 4 is 29.9 Å². The first kappa shape index (κ1) is 22.1. The zero-order chi connectivity index (χ0) is 18.4. The van der Waals surface area contributed by atoms with Crippen molar-refractivity contribution in [2.45, 2.75) is 44.1 Å². The molecule has 0 atom stereocenters. The van der Waals surface area contributed by atoms with Crippen molar-refractivity contribution in [2.75, 3.05) is 32.7 Å². The van der Waals surface area contributed by atoms with Crippen LogP contribution in [0, 0.1) is 5.82 Å². The SMILES string of the molecule is C=CCN1CCC(NC(=NCC2(c3cccc(F)c3)CC2)NCC)CC1.I. The zero-order valence-corrected chi connectivity index (χ0v) is 18.5. The Morgan fingerprint density at radius 2 is 2.11 bits per heavy atom. The van der Waals surface area contributed by atoms with E-state index < -0.39 is 0 Å². The minimum atomic E-state index is -0.158. The molecule has 2 N–H and O–H groups in total. The van der Waals surface area contributed by atoms with E-state index in [-0.39, 0.29) is 35.2 Å². The Morgan fingerprint density at radius 3 is 2.70 bits per heavy atom. The molecule has 150 valence electrons. The molecular weight excluding hydrogens is 454 g/mol. The van der Waals surface area contributed by atoms with Crippen LogP contribution in [0.2, 0.25) is 0 Å². The lowest BCUT2D eigenvalue weighted by Gasteiger charge is -2.32. The van der Waals surface area contributed by atoms with E-state index in [4.69, 9.17) is 4.99 Å². The van der Waals surface area contributed by atoms with Crippen molar-refractivity contribution < 1.29 is 4.39 Å². The standard InChI is InChI=1S/C21H31FN4.HI/c1-3-12-26-13-8-19(9-14-26)25-20(23-4-2)24-16-21(10-11-21)17-6-5-7-18(22)15-17;/h3,5-7,15,19H,1,4,8-14,16H2,2H3,(H2,23,24,25);1H. The molecule has 1 aliphatic carbocycles. The van der Waals surface area contributed by atoms with E-state index in [9.17, 15) is 4.39 Å². The fraction of sp³-hybridized carbons (Fsp3) is 0.571. The van der Waals surface area contributed by atoms with Crippen molar-refractivity contribution in [1.29, 1.82) is 0 Å². The van der Waals surface area contributed by atoms with Gasteiger partial charge in [0.15, 0.2) is 5.96 Å². The predicted molar refractivity (Wildman–Crippen MR) is 122 cm³/mol. The van der Waals surface area contributed by atoms with Gasteiger partial charge in [0.2, 0.25) is 0 Å². The van der Waals surface area contributed by atoms with Crippen molar-refractivity contribution in [2.24, 2.45) is 4.99 Å². The minimum Gasteiger partial charge on any atom is -0.357 e. The highest BCUT2D eigenvalue weighted by molar-refractivity contribution is 14.0. The van der Waals surface area contributed by atoms with Gasteiger partial charge in [0.1, 0.15) is 5.82 Å². The molecule has 1 saturated carbocycles. The normalized spacial score (nSPS) is 19.9. The number of benzene rings is 1. The quantitative estimate of drug-likeness (QED) is 0.268. The van der Waals surface area contributed by atoms with Crippen LogP contribution in [0.1, 0.15) is 38.2 Å². The van der Waals surface area contributed by atoms with Crippen LogP contribution >= 0.6 is 24.0 Å². The number of piperidine rings is 1. The highest BCUT2D eigenvalue weighted by Crippen LogP contribution is 2.48. The Morgan fingerprint density at radius 1 is 1.37 bits per heavy atom. The molecule has 0 bridgehead atoms. The van der Waals surface area contributed by atoms with E-state index in [2.05, 4.69) is 29.0 Å². The Labute approximate surface area is 179 Å². The average Bonchev–Trinajstić information content (AvgIpc) is 3.43. The fourth-order valence-corrected chi connectivity index (χ4v) is 3.69. The lowest BCUT2D eigenvalue weighted by Crippen LogP contribution is -2.48. The van der Waals surface area contributed by atoms with Gasteiger partial charge in [-0.3, -0.25) is 9.89 Å². The van der Waals surface area contributed by atoms with Crippen LogP contribution < -0.4 is 10.6 Å². The number of aliphatic imine (C=N–C) groups is 1. The third kappa shape index (κ3) is 6.17. The molecule has 4 nitrogen and oxygen atoms in total. The molecule has 2 aliphatic rings. The molecule has 0 aromatic heterocycles. The number of halogens is 2. The predicted octanol–water partition coefficient (Wildman–Crippen LogP) is 3.68. The molecule has 0 radical (unpaired) electrons. The van der Waals surface area contributed by atoms with Crippen LogP contribution in [0.5, 0.6) is 0 Å². The summed E-state index contributed by atoms with van der Waals surface area (Å²) in [6, 6.07) is 7.46. The summed E-state index contributed by atoms with van der Waals surface area (Å²) >= 11 is 0. The van der Waals surface area contributed by atoms with Gasteiger partial charge < -0.3 is 10.6 Å². The molecule has 1 aromatic rings. The number of hydrogen-bond donors (Lipinski definition) is 2. The fourth-order valence-electron chi connectivity index (χ4n) is 3.69. The molecule has 1 heterocycles. The molecule has 2 fully saturated rings. The van der Waals surface area contributed by atoms with E-state index in [1.165, 1.54) is 6.07 Å². The second-order valence-electron chi connectivity index (χ2n) is 7.49. The second kappa shape index (κ2) is 10.4. The topological polar surface area (TPSA) is 39.7 Å². The monoisotopic (exact) mass is 486 g/mol. The van der Waals surface area contributed by atoms with Crippen molar-refractivity contribution in [3.63, 3.8) is 0 Å². The third-order valence-corrected chi connectivity index (χ3v) is 5.49. The molecule has 6 heteroatoms. The van der Waals surface area contributed by atoms with E-state index in [1.807, 2.05) is 12.1 Å². The smallest absolute Gasteiger partial charge is 0.191 e. The number of nitrogens with zero attached hydrogens (tertiary/aromatic N) is 2. The summed E-state index contributed by atoms with van der Waals surface area (Å²) in [5.41, 5.74) is 1.10. The number of hydrogen-bond acceptors (Lipinski definition) is 2. The zero-order valence-electron chi connectivity index (χ0n) is 16.2. The third-order valence-electron chi connectivity index (χ3n) is 5.49. The van der Waals surface area contributed by atoms with Gasteiger partial charge in [0, 0.05) is 37.6 Å². The first-order chi connectivity index (χ1) is 12.6. The Hall–Kier alpha value is -1.15. The van der Waals surface area contributed by atoms with Gasteiger partial charge in [0.05, 0.1) is 6.54 Å². The first-order valence-electron chi connectivity index (χ1n) is 9.79. The molecule has 1 saturated heterocycles. The van der Waals surface area contributed by atoms with Crippen LogP contribution in [0.3, 0.4) is 0 Å². The molecular formula is C21H32FIN4. The Kier molecular flexibility index (Phi) is 8.54. The summed E-state index contributed by atoms with van der Waals surface area (Å²) in [5.74, 6) is 0.728. The maximum absolute atomic E-state index is 13.6. The van der Waals surface area contributed by atoms with Crippen LogP contribution in [0.15, 0.2) is 41.9 Å². The summed E-state index contributed by atoms with van der Waals surface area (Å²) in [4.78, 5) is 7.27. The van der Waals surface area contributed by atoms with Crippen LogP contribution in [-0.4, -0.2) is 49.6 Å². The lowest BCUT2D eigenvalue weighted by molar-refractivity contribution is 0.225. The molecule has 3 rings (SSSR count). The second-order valence-corrected chi connectivity index (χ2v) is 7.49. The van der Waals surface area contributed by atoms with Crippen LogP contribution in [0.25, 0.3) is 0 Å². The summed E-state index contributed by atoms with van der Waals surface area (Å²) in [6.45, 7) is 10.6. The van der Waals surface area contributed by atoms with Gasteiger partial charge in [0.25, 0.3) is 0 Å². The van der Waals surface area contributed by atoms with E-state index in [0.717, 1.165) is 63.4 Å². The average molecular weight is 486 g/mol. The van der Waals surface area contributed by atoms with Crippen LogP contribution in [-0.2, 0) is 5.41 Å². The number of rotatable bonds is 7. The number of likely N-dealkylation sites (tertiary alicyclic amines) is 1. The highest BCUT2D eigenvalue weighted by atomic mass is 127. The van der Waals surface area contributed by atoms with Gasteiger partial charge in [-0.15, -0.1) is 30.6 Å². The van der Waals surface area contributed by atoms with Crippen LogP contribution in [0.4, 0.5) is 4.39 Å². The summed E-state index contributed by atoms with van der Waals surface area (Å²) < 4.78 is 13.6.